The van der Waals surface area contributed by atoms with Gasteiger partial charge in [-0.25, -0.2) is 0 Å². The Balaban J connectivity index is 1.47. The number of carbonyl (C=O) groups is 2. The molecule has 1 atom stereocenters. The molecule has 0 saturated heterocycles. The number of hydrogen-bond acceptors (Lipinski definition) is 3. The summed E-state index contributed by atoms with van der Waals surface area (Å²) in [6.07, 6.45) is 3.38. The van der Waals surface area contributed by atoms with E-state index in [1.54, 1.807) is 6.07 Å². The molecule has 0 aliphatic heterocycles. The number of thiophene rings is 1. The maximum absolute atomic E-state index is 11.9. The van der Waals surface area contributed by atoms with E-state index < -0.39 is 0 Å². The predicted octanol–water partition coefficient (Wildman–Crippen LogP) is 2.71. The van der Waals surface area contributed by atoms with E-state index in [1.165, 1.54) is 22.5 Å². The molecule has 3 rings (SSSR count). The van der Waals surface area contributed by atoms with Crippen molar-refractivity contribution in [3.05, 3.63) is 57.8 Å². The van der Waals surface area contributed by atoms with Crippen molar-refractivity contribution in [1.29, 1.82) is 0 Å². The van der Waals surface area contributed by atoms with Gasteiger partial charge >= 0.3 is 0 Å². The second-order valence-corrected chi connectivity index (χ2v) is 6.70. The van der Waals surface area contributed by atoms with Gasteiger partial charge in [0.2, 0.25) is 5.91 Å². The number of carbonyl (C=O) groups excluding carboxylic acids is 2. The molecule has 0 saturated carbocycles. The van der Waals surface area contributed by atoms with Gasteiger partial charge in [0.25, 0.3) is 5.91 Å². The minimum Gasteiger partial charge on any atom is -0.354 e. The summed E-state index contributed by atoms with van der Waals surface area (Å²) >= 11 is 1.37. The third-order valence-electron chi connectivity index (χ3n) is 4.19. The Morgan fingerprint density at radius 1 is 1.13 bits per heavy atom. The Morgan fingerprint density at radius 3 is 2.83 bits per heavy atom. The molecule has 4 nitrogen and oxygen atoms in total. The average Bonchev–Trinajstić information content (AvgIpc) is 3.12. The van der Waals surface area contributed by atoms with Gasteiger partial charge in [0.05, 0.1) is 11.4 Å². The van der Waals surface area contributed by atoms with Crippen LogP contribution in [0.3, 0.4) is 0 Å². The lowest BCUT2D eigenvalue weighted by atomic mass is 9.83. The zero-order valence-electron chi connectivity index (χ0n) is 12.9. The maximum Gasteiger partial charge on any atom is 0.261 e. The van der Waals surface area contributed by atoms with E-state index in [1.807, 2.05) is 11.4 Å². The van der Waals surface area contributed by atoms with Crippen molar-refractivity contribution in [1.82, 2.24) is 10.6 Å². The highest BCUT2D eigenvalue weighted by Gasteiger charge is 2.20. The van der Waals surface area contributed by atoms with Gasteiger partial charge in [-0.2, -0.15) is 0 Å². The number of hydrogen-bond donors (Lipinski definition) is 2. The number of amides is 2. The monoisotopic (exact) mass is 328 g/mol. The molecular weight excluding hydrogens is 308 g/mol. The molecule has 2 amide bonds. The van der Waals surface area contributed by atoms with Crippen LogP contribution in [0.5, 0.6) is 0 Å². The minimum atomic E-state index is -0.196. The van der Waals surface area contributed by atoms with Gasteiger partial charge in [-0.1, -0.05) is 30.3 Å². The summed E-state index contributed by atoms with van der Waals surface area (Å²) in [6.45, 7) is 0.649. The smallest absolute Gasteiger partial charge is 0.261 e. The van der Waals surface area contributed by atoms with E-state index in [4.69, 9.17) is 0 Å². The van der Waals surface area contributed by atoms with Crippen molar-refractivity contribution in [3.8, 4) is 0 Å². The molecule has 0 fully saturated rings. The number of fused-ring (bicyclic) bond motifs is 1. The molecule has 0 spiro atoms. The molecule has 2 N–H and O–H groups in total. The maximum atomic E-state index is 11.9. The van der Waals surface area contributed by atoms with E-state index in [9.17, 15) is 9.59 Å². The molecular formula is C18H20N2O2S. The second kappa shape index (κ2) is 7.42. The second-order valence-electron chi connectivity index (χ2n) is 5.75. The molecule has 120 valence electrons. The molecule has 1 unspecified atom stereocenters. The lowest BCUT2D eigenvalue weighted by Crippen LogP contribution is -2.38. The molecule has 1 aliphatic carbocycles. The molecule has 1 heterocycles. The summed E-state index contributed by atoms with van der Waals surface area (Å²) in [5.74, 6) is 0.0352. The summed E-state index contributed by atoms with van der Waals surface area (Å²) in [7, 11) is 0. The van der Waals surface area contributed by atoms with Crippen molar-refractivity contribution in [3.63, 3.8) is 0 Å². The van der Waals surface area contributed by atoms with Crippen LogP contribution in [-0.4, -0.2) is 24.9 Å². The van der Waals surface area contributed by atoms with Crippen molar-refractivity contribution in [2.45, 2.75) is 25.2 Å². The van der Waals surface area contributed by atoms with Crippen LogP contribution in [0.2, 0.25) is 0 Å². The topological polar surface area (TPSA) is 58.2 Å². The Hall–Kier alpha value is -2.14. The fraction of sp³-hybridized carbons (Fsp3) is 0.333. The molecule has 23 heavy (non-hydrogen) atoms. The summed E-state index contributed by atoms with van der Waals surface area (Å²) in [5, 5.41) is 7.44. The molecule has 1 aromatic carbocycles. The van der Waals surface area contributed by atoms with E-state index in [0.29, 0.717) is 17.3 Å². The van der Waals surface area contributed by atoms with Crippen LogP contribution < -0.4 is 10.6 Å². The molecule has 1 aromatic heterocycles. The van der Waals surface area contributed by atoms with E-state index in [0.717, 1.165) is 19.3 Å². The third kappa shape index (κ3) is 3.99. The normalized spacial score (nSPS) is 16.4. The van der Waals surface area contributed by atoms with Crippen LogP contribution in [0.25, 0.3) is 0 Å². The quantitative estimate of drug-likeness (QED) is 0.886. The lowest BCUT2D eigenvalue weighted by molar-refractivity contribution is -0.120. The lowest BCUT2D eigenvalue weighted by Gasteiger charge is -2.25. The van der Waals surface area contributed by atoms with Gasteiger partial charge in [-0.3, -0.25) is 9.59 Å². The van der Waals surface area contributed by atoms with Crippen LogP contribution >= 0.6 is 11.3 Å². The Kier molecular flexibility index (Phi) is 5.08. The van der Waals surface area contributed by atoms with Crippen LogP contribution in [0.15, 0.2) is 41.8 Å². The Labute approximate surface area is 139 Å². The third-order valence-corrected chi connectivity index (χ3v) is 5.06. The summed E-state index contributed by atoms with van der Waals surface area (Å²) in [6, 6.07) is 12.0. The summed E-state index contributed by atoms with van der Waals surface area (Å²) in [4.78, 5) is 24.4. The van der Waals surface area contributed by atoms with Gasteiger partial charge in [-0.05, 0) is 41.8 Å². The highest BCUT2D eigenvalue weighted by Crippen LogP contribution is 2.30. The zero-order chi connectivity index (χ0) is 16.1. The van der Waals surface area contributed by atoms with Gasteiger partial charge < -0.3 is 10.6 Å². The zero-order valence-corrected chi connectivity index (χ0v) is 13.7. The molecule has 0 radical (unpaired) electrons. The SMILES string of the molecule is O=C(CNC(=O)c1cccs1)NCC1CCCc2ccccc21. The largest absolute Gasteiger partial charge is 0.354 e. The van der Waals surface area contributed by atoms with Crippen molar-refractivity contribution < 1.29 is 9.59 Å². The number of aryl methyl sites for hydroxylation is 1. The first kappa shape index (κ1) is 15.7. The average molecular weight is 328 g/mol. The number of nitrogens with one attached hydrogen (secondary N) is 2. The van der Waals surface area contributed by atoms with Gasteiger partial charge in [-0.15, -0.1) is 11.3 Å². The van der Waals surface area contributed by atoms with Gasteiger partial charge in [0.1, 0.15) is 0 Å². The van der Waals surface area contributed by atoms with Crippen molar-refractivity contribution in [2.24, 2.45) is 0 Å². The predicted molar refractivity (Wildman–Crippen MR) is 91.8 cm³/mol. The van der Waals surface area contributed by atoms with E-state index in [2.05, 4.69) is 34.9 Å². The summed E-state index contributed by atoms with van der Waals surface area (Å²) < 4.78 is 0. The van der Waals surface area contributed by atoms with Gasteiger partial charge in [0.15, 0.2) is 0 Å². The van der Waals surface area contributed by atoms with Crippen molar-refractivity contribution in [2.75, 3.05) is 13.1 Å². The molecule has 0 bridgehead atoms. The van der Waals surface area contributed by atoms with Crippen LogP contribution in [0.1, 0.15) is 39.6 Å². The first-order valence-corrected chi connectivity index (χ1v) is 8.78. The highest BCUT2D eigenvalue weighted by atomic mass is 32.1. The fourth-order valence-corrected chi connectivity index (χ4v) is 3.66. The van der Waals surface area contributed by atoms with Gasteiger partial charge in [0, 0.05) is 12.5 Å². The van der Waals surface area contributed by atoms with Crippen LogP contribution in [0.4, 0.5) is 0 Å². The number of rotatable bonds is 5. The Bertz CT molecular complexity index is 682. The highest BCUT2D eigenvalue weighted by molar-refractivity contribution is 7.12. The fourth-order valence-electron chi connectivity index (χ4n) is 3.02. The van der Waals surface area contributed by atoms with Crippen LogP contribution in [-0.2, 0) is 11.2 Å². The first-order valence-electron chi connectivity index (χ1n) is 7.90. The molecule has 1 aliphatic rings. The standard InChI is InChI=1S/C18H20N2O2S/c21-17(12-20-18(22)16-9-4-10-23-16)19-11-14-7-3-6-13-5-1-2-8-15(13)14/h1-2,4-5,8-10,14H,3,6-7,11-12H2,(H,19,21)(H,20,22). The molecule has 2 aromatic rings. The first-order chi connectivity index (χ1) is 11.2. The summed E-state index contributed by atoms with van der Waals surface area (Å²) in [5.41, 5.74) is 2.74. The van der Waals surface area contributed by atoms with E-state index >= 15 is 0 Å². The minimum absolute atomic E-state index is 0.0189. The van der Waals surface area contributed by atoms with Crippen LogP contribution in [0, 0.1) is 0 Å². The van der Waals surface area contributed by atoms with Crippen molar-refractivity contribution >= 4 is 23.2 Å². The number of benzene rings is 1. The Morgan fingerprint density at radius 2 is 2.00 bits per heavy atom. The molecule has 5 heteroatoms. The van der Waals surface area contributed by atoms with E-state index in [-0.39, 0.29) is 18.4 Å².